The van der Waals surface area contributed by atoms with Gasteiger partial charge in [0.1, 0.15) is 11.5 Å². The average molecular weight is 459 g/mol. The van der Waals surface area contributed by atoms with Gasteiger partial charge in [0.15, 0.2) is 5.78 Å². The Morgan fingerprint density at radius 2 is 1.78 bits per heavy atom. The number of Topliss-reactive ketones (excluding diaryl/α,β-unsaturated/α-hetero) is 1. The molecule has 0 spiro atoms. The number of halogens is 4. The first kappa shape index (κ1) is 21.6. The lowest BCUT2D eigenvalue weighted by atomic mass is 9.94. The van der Waals surface area contributed by atoms with Crippen LogP contribution in [0.15, 0.2) is 82.3 Å². The van der Waals surface area contributed by atoms with Crippen LogP contribution in [0.3, 0.4) is 0 Å². The SMILES string of the molecule is O=C(O)c1cc(C2C=C(C(F)(F)F)/C(=C/c3ccc(-c4ccccc4)o3)C2=O)ccc1Cl. The third-order valence-corrected chi connectivity index (χ3v) is 5.36. The third kappa shape index (κ3) is 4.11. The highest BCUT2D eigenvalue weighted by atomic mass is 35.5. The Bertz CT molecular complexity index is 1270. The monoisotopic (exact) mass is 458 g/mol. The molecule has 0 amide bonds. The highest BCUT2D eigenvalue weighted by Crippen LogP contribution is 2.43. The quantitative estimate of drug-likeness (QED) is 0.451. The molecule has 1 aliphatic rings. The molecule has 1 heterocycles. The van der Waals surface area contributed by atoms with Crippen LogP contribution in [-0.2, 0) is 4.79 Å². The van der Waals surface area contributed by atoms with Gasteiger partial charge in [-0.2, -0.15) is 13.2 Å². The Morgan fingerprint density at radius 1 is 1.06 bits per heavy atom. The molecular formula is C24H14ClF3O4. The van der Waals surface area contributed by atoms with E-state index in [2.05, 4.69) is 0 Å². The zero-order valence-electron chi connectivity index (χ0n) is 16.2. The zero-order valence-corrected chi connectivity index (χ0v) is 16.9. The normalized spacial score (nSPS) is 17.6. The molecule has 1 aliphatic carbocycles. The molecule has 0 saturated carbocycles. The largest absolute Gasteiger partial charge is 0.478 e. The topological polar surface area (TPSA) is 67.5 Å². The molecule has 0 aliphatic heterocycles. The summed E-state index contributed by atoms with van der Waals surface area (Å²) >= 11 is 5.84. The minimum absolute atomic E-state index is 0.0773. The van der Waals surface area contributed by atoms with Crippen molar-refractivity contribution in [3.8, 4) is 11.3 Å². The second-order valence-electron chi connectivity index (χ2n) is 7.09. The summed E-state index contributed by atoms with van der Waals surface area (Å²) in [6.45, 7) is 0. The Labute approximate surface area is 185 Å². The van der Waals surface area contributed by atoms with Gasteiger partial charge < -0.3 is 9.52 Å². The molecule has 0 fully saturated rings. The Morgan fingerprint density at radius 3 is 2.44 bits per heavy atom. The summed E-state index contributed by atoms with van der Waals surface area (Å²) in [5, 5.41) is 9.16. The predicted octanol–water partition coefficient (Wildman–Crippen LogP) is 6.54. The molecule has 0 bridgehead atoms. The molecule has 4 nitrogen and oxygen atoms in total. The molecular weight excluding hydrogens is 445 g/mol. The van der Waals surface area contributed by atoms with Crippen LogP contribution in [0.2, 0.25) is 5.02 Å². The maximum Gasteiger partial charge on any atom is 0.416 e. The van der Waals surface area contributed by atoms with Gasteiger partial charge in [-0.3, -0.25) is 4.79 Å². The number of alkyl halides is 3. The third-order valence-electron chi connectivity index (χ3n) is 5.03. The number of aromatic carboxylic acids is 1. The molecule has 1 unspecified atom stereocenters. The molecule has 1 atom stereocenters. The lowest BCUT2D eigenvalue weighted by Crippen LogP contribution is -2.14. The van der Waals surface area contributed by atoms with E-state index >= 15 is 0 Å². The fraction of sp³-hybridized carbons (Fsp3) is 0.0833. The van der Waals surface area contributed by atoms with Crippen LogP contribution in [0.5, 0.6) is 0 Å². The average Bonchev–Trinajstić information content (AvgIpc) is 3.34. The van der Waals surface area contributed by atoms with Crippen LogP contribution < -0.4 is 0 Å². The van der Waals surface area contributed by atoms with Crippen molar-refractivity contribution in [2.45, 2.75) is 12.1 Å². The maximum absolute atomic E-state index is 13.7. The number of ketones is 1. The van der Waals surface area contributed by atoms with E-state index in [1.165, 1.54) is 18.2 Å². The van der Waals surface area contributed by atoms with Crippen molar-refractivity contribution in [3.05, 3.63) is 99.8 Å². The van der Waals surface area contributed by atoms with Gasteiger partial charge >= 0.3 is 12.1 Å². The summed E-state index contributed by atoms with van der Waals surface area (Å²) in [6.07, 6.45) is -2.93. The molecule has 32 heavy (non-hydrogen) atoms. The van der Waals surface area contributed by atoms with E-state index < -0.39 is 35.0 Å². The van der Waals surface area contributed by atoms with Crippen LogP contribution in [-0.4, -0.2) is 23.0 Å². The number of furan rings is 1. The van der Waals surface area contributed by atoms with Crippen LogP contribution in [0.25, 0.3) is 17.4 Å². The molecule has 1 aromatic heterocycles. The van der Waals surface area contributed by atoms with Crippen molar-refractivity contribution in [2.24, 2.45) is 0 Å². The number of benzene rings is 2. The van der Waals surface area contributed by atoms with Crippen molar-refractivity contribution in [1.29, 1.82) is 0 Å². The van der Waals surface area contributed by atoms with E-state index in [9.17, 15) is 27.9 Å². The lowest BCUT2D eigenvalue weighted by molar-refractivity contribution is -0.116. The second kappa shape index (κ2) is 8.16. The highest BCUT2D eigenvalue weighted by Gasteiger charge is 2.45. The Hall–Kier alpha value is -3.58. The first-order valence-corrected chi connectivity index (χ1v) is 9.76. The fourth-order valence-corrected chi connectivity index (χ4v) is 3.70. The standard InChI is InChI=1S/C24H14ClF3O4/c25-20-8-6-14(10-18(20)23(30)31)16-12-19(24(26,27)28)17(22(16)29)11-15-7-9-21(32-15)13-4-2-1-3-5-13/h1-12,16H,(H,30,31)/b17-11-. The van der Waals surface area contributed by atoms with E-state index in [-0.39, 0.29) is 21.9 Å². The number of carboxylic acids is 1. The van der Waals surface area contributed by atoms with Crippen molar-refractivity contribution in [1.82, 2.24) is 0 Å². The summed E-state index contributed by atoms with van der Waals surface area (Å²) in [5.74, 6) is -2.92. The summed E-state index contributed by atoms with van der Waals surface area (Å²) in [5.41, 5.74) is -1.11. The predicted molar refractivity (Wildman–Crippen MR) is 112 cm³/mol. The molecule has 0 radical (unpaired) electrons. The summed E-state index contributed by atoms with van der Waals surface area (Å²) in [7, 11) is 0. The minimum Gasteiger partial charge on any atom is -0.478 e. The van der Waals surface area contributed by atoms with Gasteiger partial charge in [0.2, 0.25) is 0 Å². The number of rotatable bonds is 4. The summed E-state index contributed by atoms with van der Waals surface area (Å²) in [6, 6.07) is 15.8. The molecule has 2 aromatic carbocycles. The highest BCUT2D eigenvalue weighted by molar-refractivity contribution is 6.33. The number of hydrogen-bond acceptors (Lipinski definition) is 3. The van der Waals surface area contributed by atoms with Crippen molar-refractivity contribution < 1.29 is 32.3 Å². The molecule has 162 valence electrons. The van der Waals surface area contributed by atoms with Crippen molar-refractivity contribution in [3.63, 3.8) is 0 Å². The van der Waals surface area contributed by atoms with Gasteiger partial charge in [-0.15, -0.1) is 0 Å². The van der Waals surface area contributed by atoms with Crippen LogP contribution >= 0.6 is 11.6 Å². The van der Waals surface area contributed by atoms with Gasteiger partial charge in [0.25, 0.3) is 0 Å². The van der Waals surface area contributed by atoms with Crippen molar-refractivity contribution in [2.75, 3.05) is 0 Å². The van der Waals surface area contributed by atoms with Gasteiger partial charge in [-0.05, 0) is 35.9 Å². The van der Waals surface area contributed by atoms with Gasteiger partial charge in [-0.25, -0.2) is 4.79 Å². The van der Waals surface area contributed by atoms with E-state index in [0.717, 1.165) is 23.8 Å². The smallest absolute Gasteiger partial charge is 0.416 e. The Kier molecular flexibility index (Phi) is 5.52. The van der Waals surface area contributed by atoms with Crippen LogP contribution in [0.1, 0.15) is 27.6 Å². The molecule has 4 rings (SSSR count). The number of carbonyl (C=O) groups excluding carboxylic acids is 1. The van der Waals surface area contributed by atoms with Gasteiger partial charge in [-0.1, -0.05) is 54.1 Å². The number of carboxylic acid groups (broad SMARTS) is 1. The lowest BCUT2D eigenvalue weighted by Gasteiger charge is -2.10. The number of allylic oxidation sites excluding steroid dienone is 3. The number of hydrogen-bond donors (Lipinski definition) is 1. The van der Waals surface area contributed by atoms with Crippen LogP contribution in [0, 0.1) is 0 Å². The molecule has 0 saturated heterocycles. The minimum atomic E-state index is -4.78. The van der Waals surface area contributed by atoms with Crippen LogP contribution in [0.4, 0.5) is 13.2 Å². The first-order valence-electron chi connectivity index (χ1n) is 9.38. The number of carbonyl (C=O) groups is 2. The van der Waals surface area contributed by atoms with E-state index in [0.29, 0.717) is 5.76 Å². The molecule has 3 aromatic rings. The van der Waals surface area contributed by atoms with Gasteiger partial charge in [0.05, 0.1) is 22.1 Å². The van der Waals surface area contributed by atoms with E-state index in [1.807, 2.05) is 6.07 Å². The zero-order chi connectivity index (χ0) is 23.0. The Balaban J connectivity index is 1.74. The first-order chi connectivity index (χ1) is 15.1. The summed E-state index contributed by atoms with van der Waals surface area (Å²) in [4.78, 5) is 24.3. The van der Waals surface area contributed by atoms with Crippen molar-refractivity contribution >= 4 is 29.4 Å². The van der Waals surface area contributed by atoms with E-state index in [4.69, 9.17) is 16.0 Å². The second-order valence-corrected chi connectivity index (χ2v) is 7.50. The maximum atomic E-state index is 13.7. The molecule has 8 heteroatoms. The summed E-state index contributed by atoms with van der Waals surface area (Å²) < 4.78 is 46.8. The fourth-order valence-electron chi connectivity index (χ4n) is 3.51. The van der Waals surface area contributed by atoms with Gasteiger partial charge in [0, 0.05) is 11.1 Å². The molecule has 1 N–H and O–H groups in total. The van der Waals surface area contributed by atoms with E-state index in [1.54, 1.807) is 30.3 Å².